The van der Waals surface area contributed by atoms with Crippen molar-refractivity contribution in [3.63, 3.8) is 0 Å². The Kier molecular flexibility index (Phi) is 5.43. The number of carbonyl (C=O) groups is 1. The van der Waals surface area contributed by atoms with Gasteiger partial charge in [-0.15, -0.1) is 11.3 Å². The van der Waals surface area contributed by atoms with Crippen LogP contribution < -0.4 is 5.56 Å². The largest absolute Gasteiger partial charge is 0.417 e. The summed E-state index contributed by atoms with van der Waals surface area (Å²) in [6, 6.07) is 1.52. The highest BCUT2D eigenvalue weighted by atomic mass is 32.1. The first-order valence-electron chi connectivity index (χ1n) is 7.09. The Balaban J connectivity index is 2.03. The normalized spacial score (nSPS) is 11.5. The van der Waals surface area contributed by atoms with Crippen molar-refractivity contribution in [2.24, 2.45) is 0 Å². The topological polar surface area (TPSA) is 55.2 Å². The molecule has 0 saturated carbocycles. The molecule has 0 aliphatic rings. The molecule has 1 amide bonds. The number of hydrogen-bond acceptors (Lipinski definition) is 4. The van der Waals surface area contributed by atoms with E-state index in [0.717, 1.165) is 21.2 Å². The summed E-state index contributed by atoms with van der Waals surface area (Å²) in [5, 5.41) is 0. The van der Waals surface area contributed by atoms with Crippen LogP contribution in [0.4, 0.5) is 13.2 Å². The fourth-order valence-corrected chi connectivity index (χ4v) is 2.82. The highest BCUT2D eigenvalue weighted by molar-refractivity contribution is 7.09. The number of rotatable bonds is 5. The number of hydrogen-bond donors (Lipinski definition) is 0. The Labute approximate surface area is 140 Å². The third kappa shape index (κ3) is 4.44. The molecule has 9 heteroatoms. The first kappa shape index (κ1) is 18.2. The van der Waals surface area contributed by atoms with Gasteiger partial charge in [0, 0.05) is 37.2 Å². The lowest BCUT2D eigenvalue weighted by molar-refractivity contribution is -0.138. The second-order valence-electron chi connectivity index (χ2n) is 5.31. The molecule has 0 N–H and O–H groups in total. The van der Waals surface area contributed by atoms with Crippen LogP contribution in [0.2, 0.25) is 0 Å². The van der Waals surface area contributed by atoms with Crippen molar-refractivity contribution in [3.05, 3.63) is 50.3 Å². The quantitative estimate of drug-likeness (QED) is 0.823. The van der Waals surface area contributed by atoms with E-state index in [1.54, 1.807) is 12.6 Å². The summed E-state index contributed by atoms with van der Waals surface area (Å²) >= 11 is 1.49. The molecular formula is C15H16F3N3O2S. The van der Waals surface area contributed by atoms with Crippen LogP contribution in [0, 0.1) is 6.92 Å². The minimum Gasteiger partial charge on any atom is -0.344 e. The molecule has 0 fully saturated rings. The van der Waals surface area contributed by atoms with Crippen LogP contribution >= 0.6 is 11.3 Å². The van der Waals surface area contributed by atoms with Crippen LogP contribution in [0.15, 0.2) is 28.6 Å². The van der Waals surface area contributed by atoms with Gasteiger partial charge in [-0.1, -0.05) is 0 Å². The molecule has 0 aliphatic heterocycles. The number of thiazole rings is 1. The molecule has 24 heavy (non-hydrogen) atoms. The predicted octanol–water partition coefficient (Wildman–Crippen LogP) is 2.33. The van der Waals surface area contributed by atoms with E-state index in [2.05, 4.69) is 4.98 Å². The molecule has 130 valence electrons. The molecule has 0 unspecified atom stereocenters. The summed E-state index contributed by atoms with van der Waals surface area (Å²) in [7, 11) is 1.55. The summed E-state index contributed by atoms with van der Waals surface area (Å²) in [5.74, 6) is -0.432. The van der Waals surface area contributed by atoms with Gasteiger partial charge in [0.05, 0.1) is 16.8 Å². The van der Waals surface area contributed by atoms with Crippen LogP contribution in [-0.4, -0.2) is 34.0 Å². The summed E-state index contributed by atoms with van der Waals surface area (Å²) in [4.78, 5) is 30.4. The van der Waals surface area contributed by atoms with Gasteiger partial charge in [0.15, 0.2) is 0 Å². The Bertz CT molecular complexity index is 783. The van der Waals surface area contributed by atoms with E-state index >= 15 is 0 Å². The lowest BCUT2D eigenvalue weighted by Crippen LogP contribution is -2.35. The average Bonchev–Trinajstić information content (AvgIpc) is 2.91. The Hall–Kier alpha value is -2.16. The van der Waals surface area contributed by atoms with Crippen molar-refractivity contribution in [2.45, 2.75) is 26.1 Å². The van der Waals surface area contributed by atoms with Gasteiger partial charge < -0.3 is 9.47 Å². The monoisotopic (exact) mass is 359 g/mol. The number of pyridine rings is 1. The number of amides is 1. The second kappa shape index (κ2) is 7.16. The fraction of sp³-hybridized carbons (Fsp3) is 0.400. The molecule has 0 radical (unpaired) electrons. The fourth-order valence-electron chi connectivity index (χ4n) is 2.05. The lowest BCUT2D eigenvalue weighted by Gasteiger charge is -2.18. The predicted molar refractivity (Wildman–Crippen MR) is 83.9 cm³/mol. The van der Waals surface area contributed by atoms with E-state index in [4.69, 9.17) is 0 Å². The van der Waals surface area contributed by atoms with E-state index in [-0.39, 0.29) is 0 Å². The Morgan fingerprint density at radius 1 is 1.38 bits per heavy atom. The number of aryl methyl sites for hydroxylation is 1. The van der Waals surface area contributed by atoms with E-state index in [9.17, 15) is 22.8 Å². The SMILES string of the molecule is Cc1ncsc1CCN(C)C(=O)Cn1cc(C(F)(F)F)ccc1=O. The molecule has 5 nitrogen and oxygen atoms in total. The molecular weight excluding hydrogens is 343 g/mol. The molecule has 0 aromatic carbocycles. The number of halogens is 3. The first-order chi connectivity index (χ1) is 11.2. The Morgan fingerprint density at radius 3 is 2.67 bits per heavy atom. The third-order valence-electron chi connectivity index (χ3n) is 3.56. The maximum absolute atomic E-state index is 12.7. The van der Waals surface area contributed by atoms with Crippen molar-refractivity contribution < 1.29 is 18.0 Å². The summed E-state index contributed by atoms with van der Waals surface area (Å²) < 4.78 is 38.9. The van der Waals surface area contributed by atoms with Crippen molar-refractivity contribution in [1.82, 2.24) is 14.5 Å². The smallest absolute Gasteiger partial charge is 0.344 e. The van der Waals surface area contributed by atoms with Crippen LogP contribution in [0.25, 0.3) is 0 Å². The minimum absolute atomic E-state index is 0.398. The number of aromatic nitrogens is 2. The van der Waals surface area contributed by atoms with Crippen molar-refractivity contribution in [1.29, 1.82) is 0 Å². The zero-order valence-corrected chi connectivity index (χ0v) is 13.9. The van der Waals surface area contributed by atoms with Crippen molar-refractivity contribution >= 4 is 17.2 Å². The zero-order chi connectivity index (χ0) is 17.9. The van der Waals surface area contributed by atoms with Gasteiger partial charge in [-0.3, -0.25) is 9.59 Å². The van der Waals surface area contributed by atoms with Crippen LogP contribution in [0.5, 0.6) is 0 Å². The third-order valence-corrected chi connectivity index (χ3v) is 4.56. The van der Waals surface area contributed by atoms with Gasteiger partial charge in [0.1, 0.15) is 6.54 Å². The number of likely N-dealkylation sites (N-methyl/N-ethyl adjacent to an activating group) is 1. The van der Waals surface area contributed by atoms with Gasteiger partial charge in [-0.25, -0.2) is 4.98 Å². The minimum atomic E-state index is -4.56. The van der Waals surface area contributed by atoms with E-state index in [0.29, 0.717) is 25.2 Å². The molecule has 2 aromatic rings. The Morgan fingerprint density at radius 2 is 2.08 bits per heavy atom. The standard InChI is InChI=1S/C15H16F3N3O2S/c1-10-12(24-9-19-10)5-6-20(2)14(23)8-21-7-11(15(16,17)18)3-4-13(21)22/h3-4,7,9H,5-6,8H2,1-2H3. The van der Waals surface area contributed by atoms with Crippen LogP contribution in [-0.2, 0) is 23.9 Å². The second-order valence-corrected chi connectivity index (χ2v) is 6.25. The zero-order valence-electron chi connectivity index (χ0n) is 13.1. The highest BCUT2D eigenvalue weighted by Gasteiger charge is 2.31. The summed E-state index contributed by atoms with van der Waals surface area (Å²) in [6.07, 6.45) is -3.29. The van der Waals surface area contributed by atoms with E-state index in [1.807, 2.05) is 6.92 Å². The van der Waals surface area contributed by atoms with Gasteiger partial charge in [-0.2, -0.15) is 13.2 Å². The van der Waals surface area contributed by atoms with Gasteiger partial charge in [0.2, 0.25) is 5.91 Å². The molecule has 2 rings (SSSR count). The number of nitrogens with zero attached hydrogens (tertiary/aromatic N) is 3. The number of carbonyl (C=O) groups excluding carboxylic acids is 1. The maximum atomic E-state index is 12.7. The van der Waals surface area contributed by atoms with Crippen molar-refractivity contribution in [3.8, 4) is 0 Å². The molecule has 2 aromatic heterocycles. The maximum Gasteiger partial charge on any atom is 0.417 e. The number of alkyl halides is 3. The molecule has 0 atom stereocenters. The van der Waals surface area contributed by atoms with Crippen LogP contribution in [0.3, 0.4) is 0 Å². The highest BCUT2D eigenvalue weighted by Crippen LogP contribution is 2.28. The van der Waals surface area contributed by atoms with Gasteiger partial charge >= 0.3 is 6.18 Å². The van der Waals surface area contributed by atoms with E-state index in [1.165, 1.54) is 16.2 Å². The van der Waals surface area contributed by atoms with Gasteiger partial charge in [0.25, 0.3) is 5.56 Å². The first-order valence-corrected chi connectivity index (χ1v) is 7.97. The molecule has 0 aliphatic carbocycles. The van der Waals surface area contributed by atoms with Crippen molar-refractivity contribution in [2.75, 3.05) is 13.6 Å². The summed E-state index contributed by atoms with van der Waals surface area (Å²) in [6.45, 7) is 1.84. The lowest BCUT2D eigenvalue weighted by atomic mass is 10.2. The summed E-state index contributed by atoms with van der Waals surface area (Å²) in [5.41, 5.74) is 1.00. The molecule has 0 saturated heterocycles. The molecule has 0 bridgehead atoms. The van der Waals surface area contributed by atoms with Crippen LogP contribution in [0.1, 0.15) is 16.1 Å². The van der Waals surface area contributed by atoms with E-state index < -0.39 is 29.8 Å². The van der Waals surface area contributed by atoms with Gasteiger partial charge in [-0.05, 0) is 13.0 Å². The molecule has 2 heterocycles. The molecule has 0 spiro atoms. The average molecular weight is 359 g/mol.